The third-order valence-corrected chi connectivity index (χ3v) is 4.80. The van der Waals surface area contributed by atoms with Crippen LogP contribution in [-0.2, 0) is 0 Å². The number of halogens is 5. The molecular formula is C8H6F3I2N. The maximum atomic E-state index is 12.3. The molecule has 0 unspecified atom stereocenters. The van der Waals surface area contributed by atoms with Crippen LogP contribution in [0.2, 0.25) is 0 Å². The molecule has 0 radical (unpaired) electrons. The Morgan fingerprint density at radius 3 is 2.29 bits per heavy atom. The zero-order valence-corrected chi connectivity index (χ0v) is 11.1. The van der Waals surface area contributed by atoms with E-state index in [4.69, 9.17) is 5.73 Å². The normalized spacial score (nSPS) is 14.1. The molecule has 2 N–H and O–H groups in total. The minimum atomic E-state index is -4.38. The second kappa shape index (κ2) is 4.52. The summed E-state index contributed by atoms with van der Waals surface area (Å²) in [4.78, 5) is 0. The molecule has 0 amide bonds. The van der Waals surface area contributed by atoms with Crippen LogP contribution in [0.3, 0.4) is 0 Å². The monoisotopic (exact) mass is 427 g/mol. The van der Waals surface area contributed by atoms with E-state index in [1.165, 1.54) is 6.07 Å². The van der Waals surface area contributed by atoms with Crippen molar-refractivity contribution in [2.75, 3.05) is 0 Å². The summed E-state index contributed by atoms with van der Waals surface area (Å²) in [6, 6.07) is 2.83. The molecule has 0 aliphatic heterocycles. The van der Waals surface area contributed by atoms with Crippen molar-refractivity contribution >= 4 is 45.2 Å². The first-order valence-corrected chi connectivity index (χ1v) is 5.76. The molecule has 1 aromatic rings. The molecule has 0 spiro atoms. The molecule has 0 aliphatic carbocycles. The van der Waals surface area contributed by atoms with Crippen LogP contribution in [0.15, 0.2) is 18.2 Å². The Bertz CT molecular complexity index is 338. The Morgan fingerprint density at radius 1 is 1.21 bits per heavy atom. The van der Waals surface area contributed by atoms with E-state index in [9.17, 15) is 13.2 Å². The van der Waals surface area contributed by atoms with Crippen molar-refractivity contribution in [3.63, 3.8) is 0 Å². The van der Waals surface area contributed by atoms with E-state index in [1.54, 1.807) is 12.1 Å². The van der Waals surface area contributed by atoms with Gasteiger partial charge in [-0.2, -0.15) is 13.2 Å². The number of rotatable bonds is 1. The van der Waals surface area contributed by atoms with Crippen molar-refractivity contribution in [2.24, 2.45) is 5.73 Å². The van der Waals surface area contributed by atoms with Gasteiger partial charge in [-0.1, -0.05) is 12.1 Å². The molecular weight excluding hydrogens is 421 g/mol. The van der Waals surface area contributed by atoms with E-state index in [1.807, 2.05) is 45.2 Å². The molecule has 78 valence electrons. The first-order chi connectivity index (χ1) is 6.34. The highest BCUT2D eigenvalue weighted by molar-refractivity contribution is 14.1. The molecule has 0 fully saturated rings. The lowest BCUT2D eigenvalue weighted by Gasteiger charge is -2.17. The molecule has 0 aromatic heterocycles. The molecule has 1 aromatic carbocycles. The van der Waals surface area contributed by atoms with Gasteiger partial charge in [-0.3, -0.25) is 0 Å². The Hall–Kier alpha value is 0.430. The van der Waals surface area contributed by atoms with Crippen molar-refractivity contribution in [3.8, 4) is 0 Å². The largest absolute Gasteiger partial charge is 0.407 e. The van der Waals surface area contributed by atoms with Crippen LogP contribution in [0.1, 0.15) is 11.6 Å². The summed E-state index contributed by atoms with van der Waals surface area (Å²) >= 11 is 3.85. The summed E-state index contributed by atoms with van der Waals surface area (Å²) in [7, 11) is 0. The topological polar surface area (TPSA) is 26.0 Å². The van der Waals surface area contributed by atoms with Crippen LogP contribution in [0, 0.1) is 7.14 Å². The fourth-order valence-corrected chi connectivity index (χ4v) is 2.15. The summed E-state index contributed by atoms with van der Waals surface area (Å²) in [6.45, 7) is 0. The van der Waals surface area contributed by atoms with Gasteiger partial charge in [-0.05, 0) is 56.8 Å². The number of hydrogen-bond acceptors (Lipinski definition) is 1. The van der Waals surface area contributed by atoms with Crippen molar-refractivity contribution in [1.29, 1.82) is 0 Å². The molecule has 0 bridgehead atoms. The van der Waals surface area contributed by atoms with Gasteiger partial charge in [0, 0.05) is 7.14 Å². The molecule has 14 heavy (non-hydrogen) atoms. The number of alkyl halides is 3. The van der Waals surface area contributed by atoms with Crippen LogP contribution in [-0.4, -0.2) is 6.18 Å². The van der Waals surface area contributed by atoms with Crippen LogP contribution >= 0.6 is 45.2 Å². The van der Waals surface area contributed by atoms with Crippen molar-refractivity contribution in [1.82, 2.24) is 0 Å². The third kappa shape index (κ3) is 2.72. The second-order valence-electron chi connectivity index (χ2n) is 2.66. The highest BCUT2D eigenvalue weighted by Crippen LogP contribution is 2.33. The van der Waals surface area contributed by atoms with Crippen molar-refractivity contribution < 1.29 is 13.2 Å². The zero-order valence-electron chi connectivity index (χ0n) is 6.78. The van der Waals surface area contributed by atoms with Crippen LogP contribution < -0.4 is 5.73 Å². The first kappa shape index (κ1) is 12.5. The Morgan fingerprint density at radius 2 is 1.79 bits per heavy atom. The molecule has 1 rings (SSSR count). The highest BCUT2D eigenvalue weighted by atomic mass is 127. The molecule has 0 heterocycles. The van der Waals surface area contributed by atoms with E-state index < -0.39 is 12.2 Å². The standard InChI is InChI=1S/C8H6F3I2N/c9-8(10,11)7(14)4-2-1-3-5(12)6(4)13/h1-3,7H,14H2/t7-/m1/s1. The zero-order chi connectivity index (χ0) is 10.9. The van der Waals surface area contributed by atoms with Crippen LogP contribution in [0.25, 0.3) is 0 Å². The van der Waals surface area contributed by atoms with Gasteiger partial charge in [0.25, 0.3) is 0 Å². The van der Waals surface area contributed by atoms with Gasteiger partial charge in [-0.15, -0.1) is 0 Å². The van der Waals surface area contributed by atoms with Gasteiger partial charge in [0.05, 0.1) is 0 Å². The molecule has 0 aliphatic rings. The Labute approximate surface area is 107 Å². The van der Waals surface area contributed by atoms with Gasteiger partial charge >= 0.3 is 6.18 Å². The molecule has 0 saturated carbocycles. The lowest BCUT2D eigenvalue weighted by atomic mass is 10.1. The lowest BCUT2D eigenvalue weighted by Crippen LogP contribution is -2.29. The second-order valence-corrected chi connectivity index (χ2v) is 4.90. The first-order valence-electron chi connectivity index (χ1n) is 3.60. The van der Waals surface area contributed by atoms with Gasteiger partial charge in [0.2, 0.25) is 0 Å². The lowest BCUT2D eigenvalue weighted by molar-refractivity contribution is -0.149. The maximum Gasteiger partial charge on any atom is 0.407 e. The predicted octanol–water partition coefficient (Wildman–Crippen LogP) is 3.46. The Kier molecular flexibility index (Phi) is 4.03. The SMILES string of the molecule is N[C@H](c1cccc(I)c1I)C(F)(F)F. The van der Waals surface area contributed by atoms with Crippen molar-refractivity contribution in [2.45, 2.75) is 12.2 Å². The van der Waals surface area contributed by atoms with Gasteiger partial charge in [0.15, 0.2) is 0 Å². The Balaban J connectivity index is 3.14. The van der Waals surface area contributed by atoms with Crippen LogP contribution in [0.5, 0.6) is 0 Å². The smallest absolute Gasteiger partial charge is 0.316 e. The van der Waals surface area contributed by atoms with E-state index >= 15 is 0 Å². The molecule has 0 saturated heterocycles. The minimum absolute atomic E-state index is 0.130. The molecule has 6 heteroatoms. The van der Waals surface area contributed by atoms with Crippen LogP contribution in [0.4, 0.5) is 13.2 Å². The van der Waals surface area contributed by atoms with Gasteiger partial charge in [0.1, 0.15) is 6.04 Å². The number of hydrogen-bond donors (Lipinski definition) is 1. The number of benzene rings is 1. The quantitative estimate of drug-likeness (QED) is 0.684. The average Bonchev–Trinajstić information content (AvgIpc) is 2.07. The molecule has 1 atom stereocenters. The molecule has 1 nitrogen and oxygen atoms in total. The van der Waals surface area contributed by atoms with E-state index in [0.717, 1.165) is 3.57 Å². The minimum Gasteiger partial charge on any atom is -0.316 e. The predicted molar refractivity (Wildman–Crippen MR) is 64.9 cm³/mol. The third-order valence-electron chi connectivity index (χ3n) is 1.67. The highest BCUT2D eigenvalue weighted by Gasteiger charge is 2.38. The van der Waals surface area contributed by atoms with Crippen molar-refractivity contribution in [3.05, 3.63) is 30.9 Å². The maximum absolute atomic E-state index is 12.3. The van der Waals surface area contributed by atoms with E-state index in [-0.39, 0.29) is 5.56 Å². The fourth-order valence-electron chi connectivity index (χ4n) is 0.937. The summed E-state index contributed by atoms with van der Waals surface area (Å²) < 4.78 is 38.3. The fraction of sp³-hybridized carbons (Fsp3) is 0.250. The number of nitrogens with two attached hydrogens (primary N) is 1. The average molecular weight is 427 g/mol. The summed E-state index contributed by atoms with van der Waals surface area (Å²) in [5.41, 5.74) is 5.24. The summed E-state index contributed by atoms with van der Waals surface area (Å²) in [6.07, 6.45) is -4.38. The van der Waals surface area contributed by atoms with E-state index in [0.29, 0.717) is 3.57 Å². The summed E-state index contributed by atoms with van der Waals surface area (Å²) in [5, 5.41) is 0. The van der Waals surface area contributed by atoms with Gasteiger partial charge in [-0.25, -0.2) is 0 Å². The summed E-state index contributed by atoms with van der Waals surface area (Å²) in [5.74, 6) is 0. The van der Waals surface area contributed by atoms with E-state index in [2.05, 4.69) is 0 Å². The van der Waals surface area contributed by atoms with Gasteiger partial charge < -0.3 is 5.73 Å².